The first-order valence-corrected chi connectivity index (χ1v) is 9.25. The standard InChI is InChI=1S/C18H27N7O/c1-3-16-23-17-6-5-14(12-25(17)24-16)22-18(20-4-2)21-11-15(26)13-7-9-19-10-8-13/h7-10,14-15,26H,3-6,11-12H2,1-2H3,(H2,20,21,22). The van der Waals surface area contributed by atoms with Crippen LogP contribution in [0.5, 0.6) is 0 Å². The Kier molecular flexibility index (Phi) is 6.17. The lowest BCUT2D eigenvalue weighted by molar-refractivity contribution is 0.187. The van der Waals surface area contributed by atoms with Crippen LogP contribution in [0.4, 0.5) is 0 Å². The van der Waals surface area contributed by atoms with E-state index in [0.717, 1.165) is 49.6 Å². The summed E-state index contributed by atoms with van der Waals surface area (Å²) in [6, 6.07) is 3.85. The third-order valence-corrected chi connectivity index (χ3v) is 4.42. The van der Waals surface area contributed by atoms with E-state index in [-0.39, 0.29) is 6.04 Å². The lowest BCUT2D eigenvalue weighted by atomic mass is 10.1. The average molecular weight is 357 g/mol. The van der Waals surface area contributed by atoms with Gasteiger partial charge in [-0.05, 0) is 31.0 Å². The summed E-state index contributed by atoms with van der Waals surface area (Å²) in [6.45, 7) is 5.93. The molecule has 0 bridgehead atoms. The molecule has 26 heavy (non-hydrogen) atoms. The third-order valence-electron chi connectivity index (χ3n) is 4.42. The maximum atomic E-state index is 10.3. The average Bonchev–Trinajstić information content (AvgIpc) is 3.09. The molecule has 2 atom stereocenters. The largest absolute Gasteiger partial charge is 0.386 e. The monoisotopic (exact) mass is 357 g/mol. The van der Waals surface area contributed by atoms with Crippen molar-refractivity contribution in [2.24, 2.45) is 4.99 Å². The Morgan fingerprint density at radius 3 is 2.92 bits per heavy atom. The van der Waals surface area contributed by atoms with Crippen LogP contribution >= 0.6 is 0 Å². The number of pyridine rings is 1. The van der Waals surface area contributed by atoms with E-state index in [1.807, 2.05) is 11.6 Å². The minimum absolute atomic E-state index is 0.241. The SMILES string of the molecule is CCNC(=NCC(O)c1ccncc1)NC1CCc2nc(CC)nn2C1. The number of aryl methyl sites for hydroxylation is 2. The molecule has 140 valence electrons. The summed E-state index contributed by atoms with van der Waals surface area (Å²) in [6.07, 6.45) is 5.45. The highest BCUT2D eigenvalue weighted by Gasteiger charge is 2.22. The summed E-state index contributed by atoms with van der Waals surface area (Å²) in [5, 5.41) is 21.5. The first-order chi connectivity index (χ1) is 12.7. The van der Waals surface area contributed by atoms with Crippen molar-refractivity contribution in [1.29, 1.82) is 0 Å². The van der Waals surface area contributed by atoms with Crippen LogP contribution in [0, 0.1) is 0 Å². The molecule has 3 N–H and O–H groups in total. The van der Waals surface area contributed by atoms with E-state index in [9.17, 15) is 5.11 Å². The third kappa shape index (κ3) is 4.57. The second-order valence-corrected chi connectivity index (χ2v) is 6.38. The lowest BCUT2D eigenvalue weighted by Gasteiger charge is -2.25. The molecule has 2 aromatic heterocycles. The summed E-state index contributed by atoms with van der Waals surface area (Å²) in [7, 11) is 0. The van der Waals surface area contributed by atoms with Gasteiger partial charge in [0.2, 0.25) is 0 Å². The van der Waals surface area contributed by atoms with E-state index >= 15 is 0 Å². The maximum absolute atomic E-state index is 10.3. The molecule has 8 heteroatoms. The number of aliphatic hydroxyl groups is 1. The van der Waals surface area contributed by atoms with Gasteiger partial charge in [0.25, 0.3) is 0 Å². The molecule has 0 aromatic carbocycles. The molecule has 3 rings (SSSR count). The van der Waals surface area contributed by atoms with Crippen LogP contribution in [0.15, 0.2) is 29.5 Å². The molecule has 0 radical (unpaired) electrons. The van der Waals surface area contributed by atoms with Crippen molar-refractivity contribution in [2.75, 3.05) is 13.1 Å². The number of aromatic nitrogens is 4. The van der Waals surface area contributed by atoms with Crippen molar-refractivity contribution >= 4 is 5.96 Å². The molecule has 2 unspecified atom stereocenters. The van der Waals surface area contributed by atoms with Crippen molar-refractivity contribution in [3.63, 3.8) is 0 Å². The smallest absolute Gasteiger partial charge is 0.191 e. The topological polar surface area (TPSA) is 100 Å². The highest BCUT2D eigenvalue weighted by molar-refractivity contribution is 5.80. The van der Waals surface area contributed by atoms with Gasteiger partial charge in [-0.3, -0.25) is 9.98 Å². The van der Waals surface area contributed by atoms with E-state index in [2.05, 4.69) is 37.6 Å². The van der Waals surface area contributed by atoms with Gasteiger partial charge in [-0.1, -0.05) is 6.92 Å². The number of aliphatic imine (C=N–C) groups is 1. The highest BCUT2D eigenvalue weighted by Crippen LogP contribution is 2.14. The zero-order chi connectivity index (χ0) is 18.4. The first-order valence-electron chi connectivity index (χ1n) is 9.25. The van der Waals surface area contributed by atoms with Crippen LogP contribution in [0.1, 0.15) is 43.6 Å². The predicted molar refractivity (Wildman–Crippen MR) is 99.8 cm³/mol. The predicted octanol–water partition coefficient (Wildman–Crippen LogP) is 0.839. The van der Waals surface area contributed by atoms with E-state index in [1.165, 1.54) is 0 Å². The fraction of sp³-hybridized carbons (Fsp3) is 0.556. The van der Waals surface area contributed by atoms with Gasteiger partial charge in [-0.15, -0.1) is 0 Å². The Morgan fingerprint density at radius 1 is 1.38 bits per heavy atom. The molecular weight excluding hydrogens is 330 g/mol. The van der Waals surface area contributed by atoms with Gasteiger partial charge < -0.3 is 15.7 Å². The van der Waals surface area contributed by atoms with Crippen LogP contribution in [-0.4, -0.2) is 49.9 Å². The van der Waals surface area contributed by atoms with E-state index in [1.54, 1.807) is 24.5 Å². The Labute approximate surface area is 153 Å². The van der Waals surface area contributed by atoms with Gasteiger partial charge in [-0.2, -0.15) is 5.10 Å². The Hall–Kier alpha value is -2.48. The van der Waals surface area contributed by atoms with Crippen LogP contribution in [0.25, 0.3) is 0 Å². The second kappa shape index (κ2) is 8.75. The van der Waals surface area contributed by atoms with Crippen LogP contribution in [0.3, 0.4) is 0 Å². The van der Waals surface area contributed by atoms with Crippen LogP contribution in [-0.2, 0) is 19.4 Å². The lowest BCUT2D eigenvalue weighted by Crippen LogP contribution is -2.47. The molecule has 0 fully saturated rings. The van der Waals surface area contributed by atoms with Crippen LogP contribution < -0.4 is 10.6 Å². The Balaban J connectivity index is 1.61. The number of nitrogens with one attached hydrogen (secondary N) is 2. The van der Waals surface area contributed by atoms with Crippen molar-refractivity contribution in [3.8, 4) is 0 Å². The summed E-state index contributed by atoms with van der Waals surface area (Å²) >= 11 is 0. The molecule has 1 aliphatic heterocycles. The molecule has 3 heterocycles. The zero-order valence-electron chi connectivity index (χ0n) is 15.4. The number of nitrogens with zero attached hydrogens (tertiary/aromatic N) is 5. The van der Waals surface area contributed by atoms with Gasteiger partial charge in [0.05, 0.1) is 19.2 Å². The van der Waals surface area contributed by atoms with E-state index in [4.69, 9.17) is 0 Å². The number of guanidine groups is 1. The molecule has 0 saturated carbocycles. The Bertz CT molecular complexity index is 728. The molecule has 0 spiro atoms. The normalized spacial score (nSPS) is 18.3. The maximum Gasteiger partial charge on any atom is 0.191 e. The van der Waals surface area contributed by atoms with Crippen LogP contribution in [0.2, 0.25) is 0 Å². The molecule has 0 amide bonds. The summed E-state index contributed by atoms with van der Waals surface area (Å²) in [4.78, 5) is 13.1. The molecule has 1 aliphatic rings. The molecule has 2 aromatic rings. The van der Waals surface area contributed by atoms with Gasteiger partial charge in [-0.25, -0.2) is 9.67 Å². The number of rotatable bonds is 6. The second-order valence-electron chi connectivity index (χ2n) is 6.38. The summed E-state index contributed by atoms with van der Waals surface area (Å²) < 4.78 is 2.00. The fourth-order valence-electron chi connectivity index (χ4n) is 3.01. The van der Waals surface area contributed by atoms with Crippen molar-refractivity contribution in [3.05, 3.63) is 41.7 Å². The van der Waals surface area contributed by atoms with Crippen molar-refractivity contribution in [1.82, 2.24) is 30.4 Å². The molecule has 0 saturated heterocycles. The quantitative estimate of drug-likeness (QED) is 0.523. The molecular formula is C18H27N7O. The minimum atomic E-state index is -0.645. The summed E-state index contributed by atoms with van der Waals surface area (Å²) in [5.41, 5.74) is 0.816. The number of hydrogen-bond acceptors (Lipinski definition) is 5. The zero-order valence-corrected chi connectivity index (χ0v) is 15.4. The highest BCUT2D eigenvalue weighted by atomic mass is 16.3. The molecule has 8 nitrogen and oxygen atoms in total. The van der Waals surface area contributed by atoms with Gasteiger partial charge >= 0.3 is 0 Å². The van der Waals surface area contributed by atoms with E-state index in [0.29, 0.717) is 12.5 Å². The van der Waals surface area contributed by atoms with Gasteiger partial charge in [0.1, 0.15) is 5.82 Å². The Morgan fingerprint density at radius 2 is 2.19 bits per heavy atom. The van der Waals surface area contributed by atoms with Crippen molar-refractivity contribution < 1.29 is 5.11 Å². The van der Waals surface area contributed by atoms with Gasteiger partial charge in [0, 0.05) is 37.8 Å². The minimum Gasteiger partial charge on any atom is -0.386 e. The van der Waals surface area contributed by atoms with E-state index < -0.39 is 6.10 Å². The fourth-order valence-corrected chi connectivity index (χ4v) is 3.01. The van der Waals surface area contributed by atoms with Crippen molar-refractivity contribution in [2.45, 2.75) is 51.8 Å². The first kappa shape index (κ1) is 18.3. The number of hydrogen-bond donors (Lipinski definition) is 3. The number of fused-ring (bicyclic) bond motifs is 1. The summed E-state index contributed by atoms with van der Waals surface area (Å²) in [5.74, 6) is 2.68. The van der Waals surface area contributed by atoms with Gasteiger partial charge in [0.15, 0.2) is 11.8 Å². The molecule has 0 aliphatic carbocycles. The number of aliphatic hydroxyl groups excluding tert-OH is 1.